The molecule has 0 saturated carbocycles. The Bertz CT molecular complexity index is 819. The summed E-state index contributed by atoms with van der Waals surface area (Å²) in [7, 11) is 0. The molecule has 28 heavy (non-hydrogen) atoms. The third-order valence-corrected chi connectivity index (χ3v) is 5.22. The van der Waals surface area contributed by atoms with Crippen LogP contribution < -0.4 is 10.2 Å². The summed E-state index contributed by atoms with van der Waals surface area (Å²) in [6.45, 7) is 5.99. The Morgan fingerprint density at radius 1 is 1.29 bits per heavy atom. The Morgan fingerprint density at radius 2 is 2.04 bits per heavy atom. The number of benzene rings is 1. The first-order chi connectivity index (χ1) is 13.5. The van der Waals surface area contributed by atoms with Crippen molar-refractivity contribution in [2.75, 3.05) is 24.6 Å². The Balaban J connectivity index is 1.93. The summed E-state index contributed by atoms with van der Waals surface area (Å²) in [5, 5.41) is 13.1. The van der Waals surface area contributed by atoms with Gasteiger partial charge >= 0.3 is 0 Å². The van der Waals surface area contributed by atoms with Crippen molar-refractivity contribution in [3.05, 3.63) is 47.1 Å². The standard InChI is InChI=1S/C22H28ClN3O2/c1-15(2)10-19(14-27)25-22(28)17-12-20(16-6-5-7-18(23)11-16)21(24-13-17)26-8-3-4-9-26/h5-7,11-13,15,19,27H,3-4,8-10,14H2,1-2H3,(H,25,28)/t19-/m1/s1. The van der Waals surface area contributed by atoms with Crippen molar-refractivity contribution in [3.63, 3.8) is 0 Å². The van der Waals surface area contributed by atoms with Gasteiger partial charge in [0.25, 0.3) is 5.91 Å². The second-order valence-electron chi connectivity index (χ2n) is 7.78. The summed E-state index contributed by atoms with van der Waals surface area (Å²) < 4.78 is 0. The lowest BCUT2D eigenvalue weighted by Gasteiger charge is -2.22. The van der Waals surface area contributed by atoms with Crippen LogP contribution in [0.2, 0.25) is 5.02 Å². The van der Waals surface area contributed by atoms with Gasteiger partial charge in [-0.05, 0) is 48.9 Å². The maximum Gasteiger partial charge on any atom is 0.253 e. The number of aliphatic hydroxyl groups excluding tert-OH is 1. The van der Waals surface area contributed by atoms with Gasteiger partial charge in [-0.15, -0.1) is 0 Å². The molecule has 5 nitrogen and oxygen atoms in total. The predicted octanol–water partition coefficient (Wildman–Crippen LogP) is 4.14. The van der Waals surface area contributed by atoms with Gasteiger partial charge in [-0.3, -0.25) is 4.79 Å². The lowest BCUT2D eigenvalue weighted by molar-refractivity contribution is 0.0908. The minimum Gasteiger partial charge on any atom is -0.394 e. The average Bonchev–Trinajstić information content (AvgIpc) is 3.21. The highest BCUT2D eigenvalue weighted by Crippen LogP contribution is 2.33. The van der Waals surface area contributed by atoms with Crippen molar-refractivity contribution < 1.29 is 9.90 Å². The highest BCUT2D eigenvalue weighted by Gasteiger charge is 2.21. The molecule has 3 rings (SSSR count). The number of aliphatic hydroxyl groups is 1. The minimum absolute atomic E-state index is 0.0790. The van der Waals surface area contributed by atoms with Gasteiger partial charge in [-0.2, -0.15) is 0 Å². The number of anilines is 1. The Morgan fingerprint density at radius 3 is 2.68 bits per heavy atom. The van der Waals surface area contributed by atoms with Crippen LogP contribution in [-0.4, -0.2) is 41.7 Å². The molecule has 2 heterocycles. The molecule has 0 radical (unpaired) electrons. The predicted molar refractivity (Wildman–Crippen MR) is 114 cm³/mol. The topological polar surface area (TPSA) is 65.5 Å². The summed E-state index contributed by atoms with van der Waals surface area (Å²) in [4.78, 5) is 19.7. The van der Waals surface area contributed by atoms with E-state index in [2.05, 4.69) is 29.0 Å². The Hall–Kier alpha value is -2.11. The number of carbonyl (C=O) groups excluding carboxylic acids is 1. The summed E-state index contributed by atoms with van der Waals surface area (Å²) >= 11 is 6.20. The second-order valence-corrected chi connectivity index (χ2v) is 8.22. The third-order valence-electron chi connectivity index (χ3n) is 4.98. The first kappa shape index (κ1) is 20.6. The van der Waals surface area contributed by atoms with E-state index in [9.17, 15) is 9.90 Å². The molecule has 1 aliphatic rings. The summed E-state index contributed by atoms with van der Waals surface area (Å²) in [6.07, 6.45) is 4.64. The average molecular weight is 402 g/mol. The van der Waals surface area contributed by atoms with Gasteiger partial charge in [0.15, 0.2) is 0 Å². The number of hydrogen-bond acceptors (Lipinski definition) is 4. The molecule has 0 unspecified atom stereocenters. The summed E-state index contributed by atoms with van der Waals surface area (Å²) in [5.74, 6) is 1.05. The molecule has 1 atom stereocenters. The van der Waals surface area contributed by atoms with Gasteiger partial charge < -0.3 is 15.3 Å². The number of nitrogens with one attached hydrogen (secondary N) is 1. The van der Waals surface area contributed by atoms with E-state index < -0.39 is 0 Å². The third kappa shape index (κ3) is 5.03. The van der Waals surface area contributed by atoms with E-state index in [0.717, 1.165) is 49.3 Å². The molecule has 2 aromatic rings. The van der Waals surface area contributed by atoms with Gasteiger partial charge in [0.05, 0.1) is 18.2 Å². The largest absolute Gasteiger partial charge is 0.394 e. The highest BCUT2D eigenvalue weighted by atomic mass is 35.5. The van der Waals surface area contributed by atoms with Crippen molar-refractivity contribution in [2.45, 2.75) is 39.2 Å². The molecule has 1 fully saturated rings. The second kappa shape index (κ2) is 9.39. The highest BCUT2D eigenvalue weighted by molar-refractivity contribution is 6.30. The molecule has 150 valence electrons. The molecule has 1 aliphatic heterocycles. The molecular formula is C22H28ClN3O2. The maximum absolute atomic E-state index is 12.8. The SMILES string of the molecule is CC(C)C[C@H](CO)NC(=O)c1cnc(N2CCCC2)c(-c2cccc(Cl)c2)c1. The van der Waals surface area contributed by atoms with E-state index in [4.69, 9.17) is 11.6 Å². The first-order valence-electron chi connectivity index (χ1n) is 9.90. The van der Waals surface area contributed by atoms with E-state index in [1.165, 1.54) is 0 Å². The molecule has 0 spiro atoms. The number of pyridine rings is 1. The van der Waals surface area contributed by atoms with Crippen molar-refractivity contribution in [2.24, 2.45) is 5.92 Å². The number of amides is 1. The molecular weight excluding hydrogens is 374 g/mol. The maximum atomic E-state index is 12.8. The van der Waals surface area contributed by atoms with Gasteiger partial charge in [0, 0.05) is 29.9 Å². The van der Waals surface area contributed by atoms with Gasteiger partial charge in [-0.25, -0.2) is 4.98 Å². The number of hydrogen-bond donors (Lipinski definition) is 2. The molecule has 6 heteroatoms. The fourth-order valence-corrected chi connectivity index (χ4v) is 3.84. The van der Waals surface area contributed by atoms with Crippen LogP contribution in [0.4, 0.5) is 5.82 Å². The van der Waals surface area contributed by atoms with Crippen LogP contribution in [0.3, 0.4) is 0 Å². The zero-order chi connectivity index (χ0) is 20.1. The first-order valence-corrected chi connectivity index (χ1v) is 10.3. The van der Waals surface area contributed by atoms with Gasteiger partial charge in [-0.1, -0.05) is 37.6 Å². The van der Waals surface area contributed by atoms with Crippen molar-refractivity contribution in [1.82, 2.24) is 10.3 Å². The number of carbonyl (C=O) groups is 1. The number of aromatic nitrogens is 1. The monoisotopic (exact) mass is 401 g/mol. The lowest BCUT2D eigenvalue weighted by Crippen LogP contribution is -2.38. The minimum atomic E-state index is -0.264. The van der Waals surface area contributed by atoms with E-state index >= 15 is 0 Å². The van der Waals surface area contributed by atoms with E-state index in [1.54, 1.807) is 6.20 Å². The van der Waals surface area contributed by atoms with Crippen molar-refractivity contribution >= 4 is 23.3 Å². The Labute approximate surface area is 171 Å². The van der Waals surface area contributed by atoms with Gasteiger partial charge in [0.2, 0.25) is 0 Å². The quantitative estimate of drug-likeness (QED) is 0.731. The summed E-state index contributed by atoms with van der Waals surface area (Å²) in [6, 6.07) is 9.24. The molecule has 1 saturated heterocycles. The van der Waals surface area contributed by atoms with Crippen LogP contribution in [0.5, 0.6) is 0 Å². The fourth-order valence-electron chi connectivity index (χ4n) is 3.65. The van der Waals surface area contributed by atoms with Crippen LogP contribution in [0.1, 0.15) is 43.5 Å². The lowest BCUT2D eigenvalue weighted by atomic mass is 10.0. The van der Waals surface area contributed by atoms with Gasteiger partial charge in [0.1, 0.15) is 5.82 Å². The molecule has 0 aliphatic carbocycles. The number of rotatable bonds is 7. The van der Waals surface area contributed by atoms with Crippen LogP contribution in [0.25, 0.3) is 11.1 Å². The van der Waals surface area contributed by atoms with E-state index in [1.807, 2.05) is 30.3 Å². The fraction of sp³-hybridized carbons (Fsp3) is 0.455. The summed E-state index contributed by atoms with van der Waals surface area (Å²) in [5.41, 5.74) is 2.33. The number of halogens is 1. The molecule has 1 amide bonds. The van der Waals surface area contributed by atoms with E-state index in [0.29, 0.717) is 16.5 Å². The number of nitrogens with zero attached hydrogens (tertiary/aromatic N) is 2. The van der Waals surface area contributed by atoms with Crippen LogP contribution in [-0.2, 0) is 0 Å². The molecule has 1 aromatic heterocycles. The zero-order valence-electron chi connectivity index (χ0n) is 16.5. The van der Waals surface area contributed by atoms with Crippen LogP contribution in [0, 0.1) is 5.92 Å². The normalized spacial score (nSPS) is 15.1. The smallest absolute Gasteiger partial charge is 0.253 e. The van der Waals surface area contributed by atoms with Crippen molar-refractivity contribution in [1.29, 1.82) is 0 Å². The Kier molecular flexibility index (Phi) is 6.92. The van der Waals surface area contributed by atoms with E-state index in [-0.39, 0.29) is 18.6 Å². The van der Waals surface area contributed by atoms with Crippen LogP contribution in [0.15, 0.2) is 36.5 Å². The molecule has 2 N–H and O–H groups in total. The molecule has 0 bridgehead atoms. The zero-order valence-corrected chi connectivity index (χ0v) is 17.2. The van der Waals surface area contributed by atoms with Crippen LogP contribution >= 0.6 is 11.6 Å². The van der Waals surface area contributed by atoms with Crippen molar-refractivity contribution in [3.8, 4) is 11.1 Å². The molecule has 1 aromatic carbocycles.